The van der Waals surface area contributed by atoms with Gasteiger partial charge in [-0.1, -0.05) is 0 Å². The van der Waals surface area contributed by atoms with Crippen molar-refractivity contribution in [3.8, 4) is 0 Å². The summed E-state index contributed by atoms with van der Waals surface area (Å²) in [4.78, 5) is 2.30. The van der Waals surface area contributed by atoms with Crippen molar-refractivity contribution in [2.45, 2.75) is 13.3 Å². The van der Waals surface area contributed by atoms with Crippen LogP contribution in [-0.2, 0) is 0 Å². The highest BCUT2D eigenvalue weighted by atomic mass is 15.3. The molecule has 0 saturated carbocycles. The van der Waals surface area contributed by atoms with Crippen molar-refractivity contribution >= 4 is 6.72 Å². The number of rotatable bonds is 2. The SMILES string of the molecule is C=NNC1=C(C)CN(C)CC1. The normalized spacial score (nSPS) is 20.2. The summed E-state index contributed by atoms with van der Waals surface area (Å²) in [6, 6.07) is 0. The van der Waals surface area contributed by atoms with E-state index >= 15 is 0 Å². The van der Waals surface area contributed by atoms with Gasteiger partial charge in [-0.3, -0.25) is 5.43 Å². The first kappa shape index (κ1) is 8.27. The van der Waals surface area contributed by atoms with E-state index in [-0.39, 0.29) is 0 Å². The highest BCUT2D eigenvalue weighted by Crippen LogP contribution is 2.13. The fraction of sp³-hybridized carbons (Fsp3) is 0.625. The molecule has 62 valence electrons. The monoisotopic (exact) mass is 153 g/mol. The summed E-state index contributed by atoms with van der Waals surface area (Å²) in [7, 11) is 2.13. The smallest absolute Gasteiger partial charge is 0.0350 e. The van der Waals surface area contributed by atoms with Crippen LogP contribution in [0.15, 0.2) is 16.4 Å². The average Bonchev–Trinajstić information content (AvgIpc) is 1.95. The van der Waals surface area contributed by atoms with Crippen LogP contribution in [0.2, 0.25) is 0 Å². The summed E-state index contributed by atoms with van der Waals surface area (Å²) in [5, 5.41) is 3.66. The molecule has 0 bridgehead atoms. The third kappa shape index (κ3) is 2.05. The van der Waals surface area contributed by atoms with Crippen molar-refractivity contribution in [3.05, 3.63) is 11.3 Å². The zero-order valence-corrected chi connectivity index (χ0v) is 7.22. The Hall–Kier alpha value is -0.830. The average molecular weight is 153 g/mol. The lowest BCUT2D eigenvalue weighted by Gasteiger charge is -2.25. The van der Waals surface area contributed by atoms with Crippen LogP contribution in [0.1, 0.15) is 13.3 Å². The zero-order chi connectivity index (χ0) is 8.27. The summed E-state index contributed by atoms with van der Waals surface area (Å²) in [6.07, 6.45) is 1.06. The van der Waals surface area contributed by atoms with Crippen LogP contribution in [0.5, 0.6) is 0 Å². The van der Waals surface area contributed by atoms with E-state index in [0.29, 0.717) is 0 Å². The maximum Gasteiger partial charge on any atom is 0.0350 e. The summed E-state index contributed by atoms with van der Waals surface area (Å²) in [6.45, 7) is 7.67. The van der Waals surface area contributed by atoms with Crippen molar-refractivity contribution < 1.29 is 0 Å². The van der Waals surface area contributed by atoms with Gasteiger partial charge < -0.3 is 4.90 Å². The lowest BCUT2D eigenvalue weighted by molar-refractivity contribution is 0.342. The van der Waals surface area contributed by atoms with Crippen LogP contribution in [-0.4, -0.2) is 31.8 Å². The molecule has 1 rings (SSSR count). The first-order chi connectivity index (χ1) is 5.24. The predicted octanol–water partition coefficient (Wildman–Crippen LogP) is 0.801. The van der Waals surface area contributed by atoms with E-state index in [0.717, 1.165) is 19.5 Å². The molecule has 0 radical (unpaired) electrons. The summed E-state index contributed by atoms with van der Waals surface area (Å²) in [5.41, 5.74) is 5.52. The Bertz CT molecular complexity index is 184. The van der Waals surface area contributed by atoms with Crippen molar-refractivity contribution in [2.75, 3.05) is 20.1 Å². The van der Waals surface area contributed by atoms with E-state index in [1.807, 2.05) is 0 Å². The molecule has 0 fully saturated rings. The molecule has 1 N–H and O–H groups in total. The molecule has 1 aliphatic rings. The molecule has 11 heavy (non-hydrogen) atoms. The number of hydrogen-bond donors (Lipinski definition) is 1. The molecule has 0 spiro atoms. The molecule has 0 aromatic carbocycles. The summed E-state index contributed by atoms with van der Waals surface area (Å²) in [5.74, 6) is 0. The second kappa shape index (κ2) is 3.53. The van der Waals surface area contributed by atoms with Gasteiger partial charge in [-0.2, -0.15) is 5.10 Å². The van der Waals surface area contributed by atoms with Crippen LogP contribution in [0, 0.1) is 0 Å². The van der Waals surface area contributed by atoms with E-state index in [9.17, 15) is 0 Å². The minimum Gasteiger partial charge on any atom is -0.302 e. The van der Waals surface area contributed by atoms with Gasteiger partial charge in [0.25, 0.3) is 0 Å². The van der Waals surface area contributed by atoms with Gasteiger partial charge in [0.1, 0.15) is 0 Å². The number of hydrogen-bond acceptors (Lipinski definition) is 3. The molecule has 0 atom stereocenters. The zero-order valence-electron chi connectivity index (χ0n) is 7.22. The number of hydrazone groups is 1. The van der Waals surface area contributed by atoms with Gasteiger partial charge in [-0.25, -0.2) is 0 Å². The topological polar surface area (TPSA) is 27.6 Å². The molecule has 1 aliphatic heterocycles. The molecular weight excluding hydrogens is 138 g/mol. The van der Waals surface area contributed by atoms with Crippen LogP contribution in [0.25, 0.3) is 0 Å². The molecule has 0 unspecified atom stereocenters. The Balaban J connectivity index is 2.61. The van der Waals surface area contributed by atoms with Gasteiger partial charge in [0, 0.05) is 31.9 Å². The van der Waals surface area contributed by atoms with Crippen molar-refractivity contribution in [3.63, 3.8) is 0 Å². The van der Waals surface area contributed by atoms with Crippen molar-refractivity contribution in [1.29, 1.82) is 0 Å². The van der Waals surface area contributed by atoms with Crippen LogP contribution in [0.3, 0.4) is 0 Å². The predicted molar refractivity (Wildman–Crippen MR) is 47.5 cm³/mol. The second-order valence-electron chi connectivity index (χ2n) is 3.02. The largest absolute Gasteiger partial charge is 0.302 e. The molecule has 0 saturated heterocycles. The van der Waals surface area contributed by atoms with Crippen LogP contribution >= 0.6 is 0 Å². The Morgan fingerprint density at radius 1 is 1.64 bits per heavy atom. The van der Waals surface area contributed by atoms with Gasteiger partial charge in [-0.05, 0) is 19.5 Å². The number of likely N-dealkylation sites (N-methyl/N-ethyl adjacent to an activating group) is 1. The summed E-state index contributed by atoms with van der Waals surface area (Å²) < 4.78 is 0. The highest BCUT2D eigenvalue weighted by Gasteiger charge is 2.11. The highest BCUT2D eigenvalue weighted by molar-refractivity contribution is 5.24. The van der Waals surface area contributed by atoms with Gasteiger partial charge in [0.15, 0.2) is 0 Å². The maximum atomic E-state index is 3.66. The van der Waals surface area contributed by atoms with Gasteiger partial charge in [0.2, 0.25) is 0 Å². The fourth-order valence-electron chi connectivity index (χ4n) is 1.34. The van der Waals surface area contributed by atoms with Gasteiger partial charge in [0.05, 0.1) is 0 Å². The van der Waals surface area contributed by atoms with E-state index in [2.05, 4.69) is 36.1 Å². The van der Waals surface area contributed by atoms with Gasteiger partial charge in [-0.15, -0.1) is 0 Å². The first-order valence-electron chi connectivity index (χ1n) is 3.83. The third-order valence-electron chi connectivity index (χ3n) is 1.98. The maximum absolute atomic E-state index is 3.66. The molecule has 0 aromatic heterocycles. The molecule has 0 amide bonds. The lowest BCUT2D eigenvalue weighted by atomic mass is 10.1. The first-order valence-corrected chi connectivity index (χ1v) is 3.83. The van der Waals surface area contributed by atoms with E-state index in [4.69, 9.17) is 0 Å². The molecule has 3 nitrogen and oxygen atoms in total. The van der Waals surface area contributed by atoms with Crippen molar-refractivity contribution in [1.82, 2.24) is 10.3 Å². The fourth-order valence-corrected chi connectivity index (χ4v) is 1.34. The molecule has 0 aromatic rings. The Morgan fingerprint density at radius 2 is 2.36 bits per heavy atom. The minimum absolute atomic E-state index is 1.04. The third-order valence-corrected chi connectivity index (χ3v) is 1.98. The molecule has 0 aliphatic carbocycles. The van der Waals surface area contributed by atoms with E-state index in [1.54, 1.807) is 0 Å². The lowest BCUT2D eigenvalue weighted by Crippen LogP contribution is -2.30. The molecule has 1 heterocycles. The van der Waals surface area contributed by atoms with E-state index in [1.165, 1.54) is 11.3 Å². The summed E-state index contributed by atoms with van der Waals surface area (Å²) >= 11 is 0. The van der Waals surface area contributed by atoms with E-state index < -0.39 is 0 Å². The molecular formula is C8H15N3. The minimum atomic E-state index is 1.04. The quantitative estimate of drug-likeness (QED) is 0.469. The molecule has 3 heteroatoms. The standard InChI is InChI=1S/C8H15N3/c1-7-6-11(3)5-4-8(7)10-9-2/h10H,2,4-6H2,1,3H3. The van der Waals surface area contributed by atoms with Crippen LogP contribution in [0.4, 0.5) is 0 Å². The Kier molecular flexibility index (Phi) is 2.65. The second-order valence-corrected chi connectivity index (χ2v) is 3.02. The Morgan fingerprint density at radius 3 is 2.91 bits per heavy atom. The van der Waals surface area contributed by atoms with Gasteiger partial charge >= 0.3 is 0 Å². The number of nitrogens with zero attached hydrogens (tertiary/aromatic N) is 2. The number of nitrogens with one attached hydrogen (secondary N) is 1. The Labute approximate surface area is 67.8 Å². The van der Waals surface area contributed by atoms with Crippen molar-refractivity contribution in [2.24, 2.45) is 5.10 Å². The van der Waals surface area contributed by atoms with Crippen LogP contribution < -0.4 is 5.43 Å².